The first-order valence-electron chi connectivity index (χ1n) is 18.0. The third-order valence-electron chi connectivity index (χ3n) is 10.1. The average Bonchev–Trinajstić information content (AvgIpc) is 3.58. The zero-order valence-electron chi connectivity index (χ0n) is 29.4. The van der Waals surface area contributed by atoms with Crippen LogP contribution in [0.15, 0.2) is 18.2 Å². The topological polar surface area (TPSA) is 151 Å². The summed E-state index contributed by atoms with van der Waals surface area (Å²) >= 11 is 0. The van der Waals surface area contributed by atoms with Gasteiger partial charge in [0.25, 0.3) is 0 Å². The Labute approximate surface area is 289 Å². The van der Waals surface area contributed by atoms with Gasteiger partial charge in [-0.3, -0.25) is 24.1 Å². The summed E-state index contributed by atoms with van der Waals surface area (Å²) in [6.07, 6.45) is 5.14. The van der Waals surface area contributed by atoms with E-state index in [0.717, 1.165) is 49.7 Å². The third-order valence-corrected chi connectivity index (χ3v) is 10.1. The summed E-state index contributed by atoms with van der Waals surface area (Å²) in [4.78, 5) is 83.6. The van der Waals surface area contributed by atoms with Crippen molar-refractivity contribution in [3.05, 3.63) is 34.9 Å². The molecule has 1 aliphatic carbocycles. The van der Waals surface area contributed by atoms with Crippen LogP contribution >= 0.6 is 0 Å². The first-order valence-corrected chi connectivity index (χ1v) is 18.0. The number of rotatable bonds is 8. The van der Waals surface area contributed by atoms with Crippen molar-refractivity contribution >= 4 is 35.6 Å². The van der Waals surface area contributed by atoms with Crippen molar-refractivity contribution in [3.63, 3.8) is 0 Å². The second-order valence-electron chi connectivity index (χ2n) is 15.2. The quantitative estimate of drug-likeness (QED) is 0.379. The molecular weight excluding hydrogens is 628 g/mol. The number of aryl methyl sites for hydroxylation is 1. The number of cyclic esters (lactones) is 1. The van der Waals surface area contributed by atoms with E-state index >= 15 is 0 Å². The Balaban J connectivity index is 1.39. The maximum Gasteiger partial charge on any atom is 0.410 e. The van der Waals surface area contributed by atoms with Crippen LogP contribution in [0.25, 0.3) is 0 Å². The largest absolute Gasteiger partial charge is 0.450 e. The number of nitrogens with one attached hydrogen (secondary N) is 2. The molecule has 3 aliphatic heterocycles. The highest BCUT2D eigenvalue weighted by atomic mass is 16.6. The molecule has 4 aliphatic rings. The lowest BCUT2D eigenvalue weighted by atomic mass is 9.85. The number of amides is 4. The second-order valence-corrected chi connectivity index (χ2v) is 15.2. The molecule has 0 unspecified atom stereocenters. The highest BCUT2D eigenvalue weighted by Gasteiger charge is 2.47. The fourth-order valence-corrected chi connectivity index (χ4v) is 7.06. The van der Waals surface area contributed by atoms with Gasteiger partial charge in [0.1, 0.15) is 18.2 Å². The van der Waals surface area contributed by atoms with E-state index in [1.165, 1.54) is 10.5 Å². The normalized spacial score (nSPS) is 24.4. The Hall–Kier alpha value is -3.96. The van der Waals surface area contributed by atoms with Gasteiger partial charge in [-0.1, -0.05) is 65.2 Å². The molecule has 3 heterocycles. The van der Waals surface area contributed by atoms with Gasteiger partial charge >= 0.3 is 12.2 Å². The van der Waals surface area contributed by atoms with E-state index in [1.807, 2.05) is 19.1 Å². The molecule has 4 atom stereocenters. The Morgan fingerprint density at radius 2 is 1.76 bits per heavy atom. The molecule has 4 amide bonds. The van der Waals surface area contributed by atoms with Gasteiger partial charge in [-0.25, -0.2) is 9.59 Å². The van der Waals surface area contributed by atoms with Crippen LogP contribution in [0, 0.1) is 11.3 Å². The third kappa shape index (κ3) is 9.19. The van der Waals surface area contributed by atoms with E-state index < -0.39 is 65.2 Å². The van der Waals surface area contributed by atoms with E-state index in [1.54, 1.807) is 25.7 Å². The van der Waals surface area contributed by atoms with Crippen molar-refractivity contribution in [3.8, 4) is 0 Å². The number of Topliss-reactive ketones (excluding diaryl/α,β-unsaturated/α-hetero) is 2. The van der Waals surface area contributed by atoms with Crippen molar-refractivity contribution in [2.24, 2.45) is 11.3 Å². The predicted octanol–water partition coefficient (Wildman–Crippen LogP) is 4.59. The maximum absolute atomic E-state index is 14.3. The number of benzene rings is 1. The van der Waals surface area contributed by atoms with E-state index in [4.69, 9.17) is 9.47 Å². The summed E-state index contributed by atoms with van der Waals surface area (Å²) in [5, 5.41) is 5.49. The molecule has 0 aromatic heterocycles. The zero-order valence-corrected chi connectivity index (χ0v) is 29.4. The average molecular weight is 681 g/mol. The predicted molar refractivity (Wildman–Crippen MR) is 180 cm³/mol. The van der Waals surface area contributed by atoms with Crippen molar-refractivity contribution < 1.29 is 38.2 Å². The number of fused-ring (bicyclic) bond motifs is 3. The molecule has 12 nitrogen and oxygen atoms in total. The number of ketones is 2. The first-order chi connectivity index (χ1) is 23.3. The molecule has 12 heteroatoms. The van der Waals surface area contributed by atoms with Gasteiger partial charge in [-0.05, 0) is 66.5 Å². The minimum absolute atomic E-state index is 0.000281. The number of ether oxygens (including phenoxy) is 2. The van der Waals surface area contributed by atoms with Crippen LogP contribution in [0.4, 0.5) is 9.59 Å². The molecule has 1 aromatic rings. The van der Waals surface area contributed by atoms with E-state index in [0.29, 0.717) is 25.9 Å². The van der Waals surface area contributed by atoms with Crippen LogP contribution in [-0.4, -0.2) is 82.7 Å². The smallest absolute Gasteiger partial charge is 0.410 e. The van der Waals surface area contributed by atoms with Gasteiger partial charge in [0.2, 0.25) is 23.4 Å². The van der Waals surface area contributed by atoms with Gasteiger partial charge in [0, 0.05) is 25.9 Å². The van der Waals surface area contributed by atoms with Crippen LogP contribution in [0.2, 0.25) is 0 Å². The molecule has 2 N–H and O–H groups in total. The summed E-state index contributed by atoms with van der Waals surface area (Å²) in [6, 6.07) is 2.95. The summed E-state index contributed by atoms with van der Waals surface area (Å²) in [5.74, 6) is -2.03. The molecule has 0 spiro atoms. The molecule has 1 saturated heterocycles. The van der Waals surface area contributed by atoms with Gasteiger partial charge in [0.05, 0.1) is 19.2 Å². The van der Waals surface area contributed by atoms with E-state index in [2.05, 4.69) is 16.7 Å². The van der Waals surface area contributed by atoms with Crippen LogP contribution in [0.5, 0.6) is 0 Å². The van der Waals surface area contributed by atoms with Crippen LogP contribution in [-0.2, 0) is 48.2 Å². The van der Waals surface area contributed by atoms with Gasteiger partial charge in [-0.2, -0.15) is 0 Å². The summed E-state index contributed by atoms with van der Waals surface area (Å²) < 4.78 is 11.4. The molecular formula is C37H52N4O8. The van der Waals surface area contributed by atoms with Crippen molar-refractivity contribution in [1.29, 1.82) is 0 Å². The molecule has 49 heavy (non-hydrogen) atoms. The lowest BCUT2D eigenvalue weighted by Crippen LogP contribution is -2.58. The van der Waals surface area contributed by atoms with E-state index in [-0.39, 0.29) is 38.3 Å². The fraction of sp³-hybridized carbons (Fsp3) is 0.676. The maximum atomic E-state index is 14.3. The van der Waals surface area contributed by atoms with Crippen LogP contribution in [0.3, 0.4) is 0 Å². The Kier molecular flexibility index (Phi) is 11.7. The highest BCUT2D eigenvalue weighted by molar-refractivity contribution is 6.39. The standard InChI is InChI=1S/C37H52N4O8/c1-5-11-28(31(43)30(42)18-23-15-16-23)38-33(44)29-19-26-21-41(29)34(45)32(37(2,3)4)39-35(46)48-17-9-7-6-8-12-24-13-10-14-25-20-40(22-27(24)25)36(47)49-26/h10,13-14,23,26,28-29,32H,5-9,11-12,15-22H2,1-4H3,(H,38,44)(H,39,46)/t26-,28+,29+,32-/m1/s1. The molecule has 5 rings (SSSR count). The number of carbonyl (C=O) groups excluding carboxylic acids is 6. The molecule has 268 valence electrons. The number of nitrogens with zero attached hydrogens (tertiary/aromatic N) is 2. The summed E-state index contributed by atoms with van der Waals surface area (Å²) in [7, 11) is 0. The Morgan fingerprint density at radius 3 is 2.47 bits per heavy atom. The summed E-state index contributed by atoms with van der Waals surface area (Å²) in [6.45, 7) is 8.24. The molecule has 4 bridgehead atoms. The van der Waals surface area contributed by atoms with Gasteiger partial charge in [0.15, 0.2) is 0 Å². The highest BCUT2D eigenvalue weighted by Crippen LogP contribution is 2.33. The lowest BCUT2D eigenvalue weighted by molar-refractivity contribution is -0.143. The number of hydrogen-bond acceptors (Lipinski definition) is 8. The van der Waals surface area contributed by atoms with Crippen molar-refractivity contribution in [1.82, 2.24) is 20.4 Å². The van der Waals surface area contributed by atoms with Crippen LogP contribution in [0.1, 0.15) is 109 Å². The monoisotopic (exact) mass is 680 g/mol. The number of hydrogen-bond donors (Lipinski definition) is 2. The molecule has 0 radical (unpaired) electrons. The fourth-order valence-electron chi connectivity index (χ4n) is 7.06. The SMILES string of the molecule is CCC[C@H](NC(=O)[C@@H]1C[C@@H]2CN1C(=O)[C@H](C(C)(C)C)NC(=O)OCCCCCCc1cccc3c1CN(C3)C(=O)O2)C(=O)C(=O)CC1CC1. The zero-order chi connectivity index (χ0) is 35.3. The Morgan fingerprint density at radius 1 is 1.02 bits per heavy atom. The molecule has 2 fully saturated rings. The summed E-state index contributed by atoms with van der Waals surface area (Å²) in [5.41, 5.74) is 2.64. The van der Waals surface area contributed by atoms with E-state index in [9.17, 15) is 28.8 Å². The molecule has 1 aromatic carbocycles. The van der Waals surface area contributed by atoms with Crippen molar-refractivity contribution in [2.45, 2.75) is 136 Å². The Bertz CT molecular complexity index is 1430. The first kappa shape index (κ1) is 36.3. The minimum atomic E-state index is -1.10. The lowest BCUT2D eigenvalue weighted by Gasteiger charge is -2.35. The van der Waals surface area contributed by atoms with Crippen LogP contribution < -0.4 is 10.6 Å². The van der Waals surface area contributed by atoms with Crippen molar-refractivity contribution in [2.75, 3.05) is 13.2 Å². The number of carbonyl (C=O) groups is 6. The minimum Gasteiger partial charge on any atom is -0.450 e. The van der Waals surface area contributed by atoms with Gasteiger partial charge in [-0.15, -0.1) is 0 Å². The second kappa shape index (κ2) is 15.7. The van der Waals surface area contributed by atoms with Gasteiger partial charge < -0.3 is 25.0 Å². The molecule has 1 saturated carbocycles. The number of alkyl carbamates (subject to hydrolysis) is 1.